The average molecular weight is 408 g/mol. The van der Waals surface area contributed by atoms with Gasteiger partial charge in [-0.25, -0.2) is 0 Å². The molecule has 6 N–H and O–H groups in total. The summed E-state index contributed by atoms with van der Waals surface area (Å²) in [6, 6.07) is 0.916. The highest BCUT2D eigenvalue weighted by molar-refractivity contribution is 7.99. The second-order valence-corrected chi connectivity index (χ2v) is 10.0. The lowest BCUT2D eigenvalue weighted by Gasteiger charge is -2.50. The minimum Gasteiger partial charge on any atom is -0.504 e. The van der Waals surface area contributed by atoms with Crippen molar-refractivity contribution in [1.29, 1.82) is 0 Å². The van der Waals surface area contributed by atoms with Crippen LogP contribution in [0.5, 0.6) is 11.5 Å². The molecule has 0 bridgehead atoms. The van der Waals surface area contributed by atoms with Crippen molar-refractivity contribution in [3.63, 3.8) is 0 Å². The molecular formula is C21H29NO5S. The van der Waals surface area contributed by atoms with Gasteiger partial charge in [-0.1, -0.05) is 6.92 Å². The number of aliphatic hydroxyl groups is 1. The fraction of sp³-hybridized carbons (Fsp3) is 0.667. The number of phenolic OH excluding ortho intramolecular Hbond substituents is 2. The Morgan fingerprint density at radius 2 is 2.04 bits per heavy atom. The van der Waals surface area contributed by atoms with Gasteiger partial charge in [-0.3, -0.25) is 4.79 Å². The molecule has 0 spiro atoms. The molecule has 6 atom stereocenters. The fourth-order valence-corrected chi connectivity index (χ4v) is 6.95. The topological polar surface area (TPSA) is 124 Å². The first-order valence-corrected chi connectivity index (χ1v) is 11.1. The summed E-state index contributed by atoms with van der Waals surface area (Å²) in [6.45, 7) is 2.23. The minimum absolute atomic E-state index is 0.0104. The predicted molar refractivity (Wildman–Crippen MR) is 107 cm³/mol. The number of aliphatic hydroxyl groups excluding tert-OH is 1. The monoisotopic (exact) mass is 407 g/mol. The maximum absolute atomic E-state index is 11.0. The van der Waals surface area contributed by atoms with E-state index in [9.17, 15) is 20.1 Å². The number of thioether (sulfide) groups is 1. The zero-order chi connectivity index (χ0) is 20.2. The van der Waals surface area contributed by atoms with E-state index in [0.29, 0.717) is 22.6 Å². The molecule has 3 aliphatic carbocycles. The summed E-state index contributed by atoms with van der Waals surface area (Å²) < 4.78 is 0. The lowest BCUT2D eigenvalue weighted by atomic mass is 9.55. The van der Waals surface area contributed by atoms with Gasteiger partial charge in [0, 0.05) is 11.3 Å². The number of aromatic hydroxyl groups is 2. The van der Waals surface area contributed by atoms with Crippen molar-refractivity contribution in [1.82, 2.24) is 0 Å². The number of carboxylic acid groups (broad SMARTS) is 1. The van der Waals surface area contributed by atoms with Crippen molar-refractivity contribution >= 4 is 17.7 Å². The summed E-state index contributed by atoms with van der Waals surface area (Å²) in [4.78, 5) is 11.5. The maximum Gasteiger partial charge on any atom is 0.321 e. The van der Waals surface area contributed by atoms with Crippen LogP contribution in [0.2, 0.25) is 0 Å². The highest BCUT2D eigenvalue weighted by Gasteiger charge is 2.54. The molecule has 0 amide bonds. The fourth-order valence-electron chi connectivity index (χ4n) is 6.01. The van der Waals surface area contributed by atoms with Gasteiger partial charge in [0.1, 0.15) is 6.04 Å². The van der Waals surface area contributed by atoms with E-state index in [1.807, 2.05) is 6.07 Å². The summed E-state index contributed by atoms with van der Waals surface area (Å²) >= 11 is 1.17. The molecule has 4 rings (SSSR count). The number of hydrogen-bond donors (Lipinski definition) is 5. The number of rotatable bonds is 4. The van der Waals surface area contributed by atoms with Gasteiger partial charge < -0.3 is 26.2 Å². The average Bonchev–Trinajstić information content (AvgIpc) is 2.97. The van der Waals surface area contributed by atoms with Crippen molar-refractivity contribution < 1.29 is 25.2 Å². The van der Waals surface area contributed by atoms with Crippen LogP contribution in [0.4, 0.5) is 0 Å². The minimum atomic E-state index is -1.08. The lowest BCUT2D eigenvalue weighted by Crippen LogP contribution is -2.43. The normalized spacial score (nSPS) is 35.0. The summed E-state index contributed by atoms with van der Waals surface area (Å²) in [5.74, 6) is 0.0844. The highest BCUT2D eigenvalue weighted by atomic mass is 32.2. The summed E-state index contributed by atoms with van der Waals surface area (Å²) in [6.07, 6.45) is 5.31. The third-order valence-electron chi connectivity index (χ3n) is 7.63. The molecule has 154 valence electrons. The van der Waals surface area contributed by atoms with Crippen LogP contribution in [-0.2, 0) is 11.2 Å². The van der Waals surface area contributed by atoms with E-state index >= 15 is 0 Å². The highest BCUT2D eigenvalue weighted by Crippen LogP contribution is 2.62. The Hall–Kier alpha value is -1.44. The van der Waals surface area contributed by atoms with Gasteiger partial charge in [0.15, 0.2) is 11.5 Å². The second-order valence-electron chi connectivity index (χ2n) is 8.95. The Labute approximate surface area is 169 Å². The van der Waals surface area contributed by atoms with Gasteiger partial charge in [-0.05, 0) is 73.3 Å². The molecule has 6 nitrogen and oxygen atoms in total. The van der Waals surface area contributed by atoms with Crippen LogP contribution in [0, 0.1) is 17.3 Å². The van der Waals surface area contributed by atoms with Crippen LogP contribution >= 0.6 is 11.8 Å². The number of aliphatic carboxylic acids is 1. The molecule has 0 unspecified atom stereocenters. The van der Waals surface area contributed by atoms with E-state index < -0.39 is 12.0 Å². The standard InChI is InChI=1S/C21H29NO5S/c1-21-7-6-10-11(14(21)4-5-17(21)23)2-3-12-13(10)8-16(19(25)18(12)24)28-9-15(22)20(26)27/h8,10-11,14-15,17,23-25H,2-7,9,22H2,1H3,(H,26,27)/t10-,11+,14-,15+,17-,21-/m0/s1. The number of hydrogen-bond acceptors (Lipinski definition) is 6. The predicted octanol–water partition coefficient (Wildman–Crippen LogP) is 2.82. The largest absolute Gasteiger partial charge is 0.504 e. The lowest BCUT2D eigenvalue weighted by molar-refractivity contribution is -0.137. The summed E-state index contributed by atoms with van der Waals surface area (Å²) in [5, 5.41) is 40.6. The van der Waals surface area contributed by atoms with E-state index in [1.165, 1.54) is 11.8 Å². The van der Waals surface area contributed by atoms with Crippen molar-refractivity contribution in [3.8, 4) is 11.5 Å². The SMILES string of the molecule is C[C@]12CC[C@@H]3c4cc(SC[C@@H](N)C(=O)O)c(O)c(O)c4CC[C@H]3[C@@H]1CC[C@@H]2O. The number of carboxylic acids is 1. The Morgan fingerprint density at radius 1 is 1.29 bits per heavy atom. The van der Waals surface area contributed by atoms with Crippen LogP contribution in [0.15, 0.2) is 11.0 Å². The molecule has 2 saturated carbocycles. The third kappa shape index (κ3) is 2.99. The van der Waals surface area contributed by atoms with E-state index in [-0.39, 0.29) is 28.8 Å². The molecule has 1 aromatic rings. The van der Waals surface area contributed by atoms with E-state index in [4.69, 9.17) is 10.8 Å². The molecule has 2 fully saturated rings. The van der Waals surface area contributed by atoms with E-state index in [0.717, 1.165) is 49.7 Å². The van der Waals surface area contributed by atoms with E-state index in [1.54, 1.807) is 0 Å². The Kier molecular flexibility index (Phi) is 5.04. The van der Waals surface area contributed by atoms with Crippen molar-refractivity contribution in [2.75, 3.05) is 5.75 Å². The maximum atomic E-state index is 11.0. The molecule has 0 radical (unpaired) electrons. The Morgan fingerprint density at radius 3 is 2.75 bits per heavy atom. The summed E-state index contributed by atoms with van der Waals surface area (Å²) in [7, 11) is 0. The number of phenols is 2. The molecular weight excluding hydrogens is 378 g/mol. The molecule has 3 aliphatic rings. The van der Waals surface area contributed by atoms with Gasteiger partial charge in [0.05, 0.1) is 11.0 Å². The first-order valence-electron chi connectivity index (χ1n) is 10.1. The van der Waals surface area contributed by atoms with Gasteiger partial charge >= 0.3 is 5.97 Å². The quantitative estimate of drug-likeness (QED) is 0.384. The molecule has 0 heterocycles. The van der Waals surface area contributed by atoms with Gasteiger partial charge in [-0.2, -0.15) is 0 Å². The van der Waals surface area contributed by atoms with Crippen LogP contribution < -0.4 is 5.73 Å². The second kappa shape index (κ2) is 7.11. The van der Waals surface area contributed by atoms with Crippen LogP contribution in [0.25, 0.3) is 0 Å². The van der Waals surface area contributed by atoms with Crippen molar-refractivity contribution in [2.24, 2.45) is 23.0 Å². The third-order valence-corrected chi connectivity index (χ3v) is 8.78. The van der Waals surface area contributed by atoms with Gasteiger partial charge in [-0.15, -0.1) is 11.8 Å². The number of carbonyl (C=O) groups is 1. The Bertz CT molecular complexity index is 799. The molecule has 1 aromatic carbocycles. The molecule has 0 aromatic heterocycles. The molecule has 0 aliphatic heterocycles. The first kappa shape index (κ1) is 19.9. The van der Waals surface area contributed by atoms with Gasteiger partial charge in [0.25, 0.3) is 0 Å². The Balaban J connectivity index is 1.65. The van der Waals surface area contributed by atoms with Crippen LogP contribution in [0.1, 0.15) is 56.1 Å². The van der Waals surface area contributed by atoms with E-state index in [2.05, 4.69) is 6.92 Å². The van der Waals surface area contributed by atoms with Crippen molar-refractivity contribution in [2.45, 2.75) is 68.4 Å². The molecule has 7 heteroatoms. The number of fused-ring (bicyclic) bond motifs is 5. The first-order chi connectivity index (χ1) is 13.2. The van der Waals surface area contributed by atoms with Crippen molar-refractivity contribution in [3.05, 3.63) is 17.2 Å². The zero-order valence-corrected chi connectivity index (χ0v) is 16.9. The van der Waals surface area contributed by atoms with Gasteiger partial charge in [0.2, 0.25) is 0 Å². The van der Waals surface area contributed by atoms with Crippen LogP contribution in [-0.4, -0.2) is 44.3 Å². The van der Waals surface area contributed by atoms with Crippen LogP contribution in [0.3, 0.4) is 0 Å². The number of nitrogens with two attached hydrogens (primary N) is 1. The molecule has 0 saturated heterocycles. The smallest absolute Gasteiger partial charge is 0.321 e. The zero-order valence-electron chi connectivity index (χ0n) is 16.1. The molecule has 28 heavy (non-hydrogen) atoms. The number of benzene rings is 1. The summed E-state index contributed by atoms with van der Waals surface area (Å²) in [5.41, 5.74) is 7.50.